The van der Waals surface area contributed by atoms with Crippen LogP contribution in [0.5, 0.6) is 0 Å². The van der Waals surface area contributed by atoms with Crippen LogP contribution >= 0.6 is 15.9 Å². The van der Waals surface area contributed by atoms with Gasteiger partial charge < -0.3 is 15.4 Å². The van der Waals surface area contributed by atoms with E-state index in [9.17, 15) is 9.59 Å². The Kier molecular flexibility index (Phi) is 6.84. The molecule has 1 saturated heterocycles. The number of nitrogens with one attached hydrogen (secondary N) is 2. The van der Waals surface area contributed by atoms with E-state index in [0.29, 0.717) is 13.1 Å². The van der Waals surface area contributed by atoms with Crippen LogP contribution in [0.1, 0.15) is 33.6 Å². The number of amides is 2. The number of benzene rings is 1. The number of ether oxygens (including phenoxy) is 1. The summed E-state index contributed by atoms with van der Waals surface area (Å²) >= 11 is 3.42. The number of halogens is 1. The molecule has 2 rings (SSSR count). The second-order valence-electron chi connectivity index (χ2n) is 7.25. The maximum absolute atomic E-state index is 12.3. The first kappa shape index (κ1) is 19.7. The number of nitrogens with zero attached hydrogens (tertiary/aromatic N) is 1. The number of para-hydroxylation sites is 1. The number of alkyl carbamates (subject to hydrolysis) is 1. The lowest BCUT2D eigenvalue weighted by Crippen LogP contribution is -2.50. The maximum Gasteiger partial charge on any atom is 0.407 e. The van der Waals surface area contributed by atoms with Gasteiger partial charge in [0.25, 0.3) is 0 Å². The van der Waals surface area contributed by atoms with Gasteiger partial charge in [0, 0.05) is 17.1 Å². The molecule has 1 aromatic carbocycles. The average molecular weight is 412 g/mol. The highest BCUT2D eigenvalue weighted by molar-refractivity contribution is 9.10. The smallest absolute Gasteiger partial charge is 0.407 e. The van der Waals surface area contributed by atoms with Gasteiger partial charge in [0.05, 0.1) is 12.2 Å². The number of rotatable bonds is 4. The largest absolute Gasteiger partial charge is 0.444 e. The summed E-state index contributed by atoms with van der Waals surface area (Å²) in [5.41, 5.74) is 0.245. The molecule has 0 radical (unpaired) electrons. The fraction of sp³-hybridized carbons (Fsp3) is 0.556. The summed E-state index contributed by atoms with van der Waals surface area (Å²) in [6.07, 6.45) is 1.42. The molecule has 1 atom stereocenters. The predicted octanol–water partition coefficient (Wildman–Crippen LogP) is 3.38. The summed E-state index contributed by atoms with van der Waals surface area (Å²) in [5, 5.41) is 5.80. The Labute approximate surface area is 157 Å². The van der Waals surface area contributed by atoms with Gasteiger partial charge in [0.2, 0.25) is 5.91 Å². The fourth-order valence-electron chi connectivity index (χ4n) is 2.75. The van der Waals surface area contributed by atoms with Crippen molar-refractivity contribution in [3.05, 3.63) is 28.7 Å². The molecule has 1 heterocycles. The molecular formula is C18H26BrN3O3. The number of likely N-dealkylation sites (tertiary alicyclic amines) is 1. The van der Waals surface area contributed by atoms with E-state index in [-0.39, 0.29) is 11.9 Å². The number of piperidine rings is 1. The van der Waals surface area contributed by atoms with Gasteiger partial charge in [0.15, 0.2) is 0 Å². The first-order chi connectivity index (χ1) is 11.7. The highest BCUT2D eigenvalue weighted by Gasteiger charge is 2.25. The van der Waals surface area contributed by atoms with Crippen molar-refractivity contribution < 1.29 is 14.3 Å². The van der Waals surface area contributed by atoms with Crippen LogP contribution in [0.2, 0.25) is 0 Å². The zero-order valence-electron chi connectivity index (χ0n) is 15.0. The number of carbonyl (C=O) groups excluding carboxylic acids is 2. The number of hydrogen-bond donors (Lipinski definition) is 2. The van der Waals surface area contributed by atoms with Crippen molar-refractivity contribution in [1.29, 1.82) is 0 Å². The van der Waals surface area contributed by atoms with Crippen molar-refractivity contribution in [3.8, 4) is 0 Å². The van der Waals surface area contributed by atoms with Crippen LogP contribution in [0.15, 0.2) is 28.7 Å². The lowest BCUT2D eigenvalue weighted by atomic mass is 10.1. The third-order valence-corrected chi connectivity index (χ3v) is 4.43. The van der Waals surface area contributed by atoms with Gasteiger partial charge in [-0.05, 0) is 68.2 Å². The number of hydrogen-bond acceptors (Lipinski definition) is 4. The fourth-order valence-corrected chi connectivity index (χ4v) is 3.13. The van der Waals surface area contributed by atoms with Crippen molar-refractivity contribution in [2.24, 2.45) is 0 Å². The van der Waals surface area contributed by atoms with E-state index >= 15 is 0 Å². The van der Waals surface area contributed by atoms with Crippen molar-refractivity contribution in [3.63, 3.8) is 0 Å². The molecule has 1 aliphatic rings. The monoisotopic (exact) mass is 411 g/mol. The molecule has 6 nitrogen and oxygen atoms in total. The zero-order valence-corrected chi connectivity index (χ0v) is 16.6. The van der Waals surface area contributed by atoms with Gasteiger partial charge >= 0.3 is 6.09 Å². The molecule has 2 N–H and O–H groups in total. The van der Waals surface area contributed by atoms with Gasteiger partial charge in [-0.2, -0.15) is 0 Å². The minimum atomic E-state index is -0.513. The van der Waals surface area contributed by atoms with Gasteiger partial charge in [-0.25, -0.2) is 4.79 Å². The number of carbonyl (C=O) groups is 2. The standard InChI is InChI=1S/C18H26BrN3O3/c1-18(2,3)25-17(24)20-13-7-6-10-22(11-13)12-16(23)21-15-9-5-4-8-14(15)19/h4-5,8-9,13H,6-7,10-12H2,1-3H3,(H,20,24)(H,21,23)/t13-/m1/s1. The Balaban J connectivity index is 1.81. The number of anilines is 1. The van der Waals surface area contributed by atoms with E-state index in [1.165, 1.54) is 0 Å². The first-order valence-electron chi connectivity index (χ1n) is 8.49. The topological polar surface area (TPSA) is 70.7 Å². The van der Waals surface area contributed by atoms with Crippen molar-refractivity contribution in [2.45, 2.75) is 45.3 Å². The molecule has 7 heteroatoms. The quantitative estimate of drug-likeness (QED) is 0.796. The second-order valence-corrected chi connectivity index (χ2v) is 8.10. The summed E-state index contributed by atoms with van der Waals surface area (Å²) in [6, 6.07) is 7.52. The molecule has 0 aliphatic carbocycles. The molecule has 0 unspecified atom stereocenters. The van der Waals surface area contributed by atoms with Crippen LogP contribution in [0, 0.1) is 0 Å². The van der Waals surface area contributed by atoms with Gasteiger partial charge in [-0.1, -0.05) is 12.1 Å². The molecule has 2 amide bonds. The molecule has 1 fully saturated rings. The molecule has 138 valence electrons. The molecule has 0 aromatic heterocycles. The second kappa shape index (κ2) is 8.67. The summed E-state index contributed by atoms with van der Waals surface area (Å²) in [5.74, 6) is -0.0650. The molecule has 1 aliphatic heterocycles. The summed E-state index contributed by atoms with van der Waals surface area (Å²) < 4.78 is 6.15. The summed E-state index contributed by atoms with van der Waals surface area (Å²) in [4.78, 5) is 26.2. The van der Waals surface area contributed by atoms with Crippen molar-refractivity contribution in [2.75, 3.05) is 25.0 Å². The van der Waals surface area contributed by atoms with Crippen molar-refractivity contribution >= 4 is 33.6 Å². The van der Waals surface area contributed by atoms with Crippen molar-refractivity contribution in [1.82, 2.24) is 10.2 Å². The van der Waals surface area contributed by atoms with Gasteiger partial charge in [-0.3, -0.25) is 9.69 Å². The van der Waals surface area contributed by atoms with E-state index in [0.717, 1.165) is 29.5 Å². The minimum absolute atomic E-state index is 0.000128. The van der Waals surface area contributed by atoms with Crippen LogP contribution in [-0.4, -0.2) is 48.2 Å². The molecule has 1 aromatic rings. The summed E-state index contributed by atoms with van der Waals surface area (Å²) in [7, 11) is 0. The third kappa shape index (κ3) is 7.04. The van der Waals surface area contributed by atoms with E-state index in [1.54, 1.807) is 0 Å². The molecule has 0 bridgehead atoms. The Morgan fingerprint density at radius 3 is 2.72 bits per heavy atom. The van der Waals surface area contributed by atoms with E-state index in [2.05, 4.69) is 31.5 Å². The molecule has 25 heavy (non-hydrogen) atoms. The third-order valence-electron chi connectivity index (χ3n) is 3.74. The normalized spacial score (nSPS) is 18.5. The van der Waals surface area contributed by atoms with Crippen LogP contribution in [-0.2, 0) is 9.53 Å². The van der Waals surface area contributed by atoms with Gasteiger partial charge in [-0.15, -0.1) is 0 Å². The summed E-state index contributed by atoms with van der Waals surface area (Å²) in [6.45, 7) is 7.30. The average Bonchev–Trinajstić information content (AvgIpc) is 2.48. The van der Waals surface area contributed by atoms with Gasteiger partial charge in [0.1, 0.15) is 5.60 Å². The highest BCUT2D eigenvalue weighted by atomic mass is 79.9. The van der Waals surface area contributed by atoms with E-state index < -0.39 is 11.7 Å². The SMILES string of the molecule is CC(C)(C)OC(=O)N[C@@H]1CCCN(CC(=O)Nc2ccccc2Br)C1. The van der Waals surface area contributed by atoms with E-state index in [1.807, 2.05) is 45.0 Å². The van der Waals surface area contributed by atoms with Crippen LogP contribution in [0.4, 0.5) is 10.5 Å². The zero-order chi connectivity index (χ0) is 18.4. The Morgan fingerprint density at radius 1 is 1.32 bits per heavy atom. The Morgan fingerprint density at radius 2 is 2.04 bits per heavy atom. The minimum Gasteiger partial charge on any atom is -0.444 e. The predicted molar refractivity (Wildman–Crippen MR) is 102 cm³/mol. The van der Waals surface area contributed by atoms with Crippen LogP contribution < -0.4 is 10.6 Å². The Bertz CT molecular complexity index is 616. The molecular weight excluding hydrogens is 386 g/mol. The first-order valence-corrected chi connectivity index (χ1v) is 9.28. The Hall–Kier alpha value is -1.60. The van der Waals surface area contributed by atoms with Crippen LogP contribution in [0.3, 0.4) is 0 Å². The highest BCUT2D eigenvalue weighted by Crippen LogP contribution is 2.21. The maximum atomic E-state index is 12.3. The van der Waals surface area contributed by atoms with Crippen LogP contribution in [0.25, 0.3) is 0 Å². The molecule has 0 spiro atoms. The lowest BCUT2D eigenvalue weighted by molar-refractivity contribution is -0.117. The van der Waals surface area contributed by atoms with E-state index in [4.69, 9.17) is 4.74 Å². The lowest BCUT2D eigenvalue weighted by Gasteiger charge is -2.33. The molecule has 0 saturated carbocycles.